The number of nitrogens with zero attached hydrogens (tertiary/aromatic N) is 1. The van der Waals surface area contributed by atoms with Crippen LogP contribution in [-0.4, -0.2) is 24.6 Å². The zero-order valence-electron chi connectivity index (χ0n) is 9.21. The molecule has 1 aliphatic carbocycles. The number of ether oxygens (including phenoxy) is 1. The molecule has 0 amide bonds. The van der Waals surface area contributed by atoms with E-state index in [-0.39, 0.29) is 5.54 Å². The first kappa shape index (κ1) is 9.16. The van der Waals surface area contributed by atoms with Gasteiger partial charge in [0, 0.05) is 11.3 Å². The Hall–Kier alpha value is -1.09. The minimum atomic E-state index is -0.0543. The summed E-state index contributed by atoms with van der Waals surface area (Å²) in [5.41, 5.74) is 2.54. The number of hydrogen-bond acceptors (Lipinski definition) is 3. The van der Waals surface area contributed by atoms with Crippen LogP contribution in [0.5, 0.6) is 0 Å². The molecule has 1 spiro atoms. The van der Waals surface area contributed by atoms with E-state index in [1.807, 2.05) is 6.92 Å². The fraction of sp³-hybridized carbons (Fsp3) is 0.583. The van der Waals surface area contributed by atoms with Crippen LogP contribution in [0.3, 0.4) is 0 Å². The van der Waals surface area contributed by atoms with Gasteiger partial charge in [-0.2, -0.15) is 0 Å². The monoisotopic (exact) mass is 204 g/mol. The predicted molar refractivity (Wildman–Crippen MR) is 59.7 cm³/mol. The van der Waals surface area contributed by atoms with E-state index >= 15 is 0 Å². The van der Waals surface area contributed by atoms with Crippen LogP contribution in [0.1, 0.15) is 20.3 Å². The van der Waals surface area contributed by atoms with Gasteiger partial charge < -0.3 is 10.1 Å². The maximum Gasteiger partial charge on any atom is 0.136 e. The lowest BCUT2D eigenvalue weighted by Gasteiger charge is -2.45. The van der Waals surface area contributed by atoms with Gasteiger partial charge in [0.15, 0.2) is 0 Å². The second-order valence-electron chi connectivity index (χ2n) is 4.76. The molecular formula is C12H16N2O. The van der Waals surface area contributed by atoms with Crippen LogP contribution in [0, 0.1) is 5.92 Å². The van der Waals surface area contributed by atoms with Crippen molar-refractivity contribution in [3.05, 3.63) is 23.4 Å². The highest BCUT2D eigenvalue weighted by Crippen LogP contribution is 2.39. The standard InChI is InChI=1S/C12H16N2O/c1-8-3-4-10-11(5-8)13-9(2)14-12(10)6-15-7-12/h4-5,8H,3,6-7H2,1-2H3,(H,13,14). The number of fused-ring (bicyclic) bond motifs is 2. The Bertz CT molecular complexity index is 388. The summed E-state index contributed by atoms with van der Waals surface area (Å²) >= 11 is 0. The predicted octanol–water partition coefficient (Wildman–Crippen LogP) is 1.63. The van der Waals surface area contributed by atoms with Crippen molar-refractivity contribution in [2.75, 3.05) is 13.2 Å². The number of nitrogens with one attached hydrogen (secondary N) is 1. The molecule has 2 aliphatic heterocycles. The summed E-state index contributed by atoms with van der Waals surface area (Å²) < 4.78 is 5.34. The van der Waals surface area contributed by atoms with Crippen molar-refractivity contribution in [1.82, 2.24) is 5.32 Å². The van der Waals surface area contributed by atoms with E-state index in [0.717, 1.165) is 25.5 Å². The fourth-order valence-corrected chi connectivity index (χ4v) is 2.53. The highest BCUT2D eigenvalue weighted by Gasteiger charge is 2.46. The van der Waals surface area contributed by atoms with Crippen molar-refractivity contribution in [3.63, 3.8) is 0 Å². The third kappa shape index (κ3) is 1.26. The van der Waals surface area contributed by atoms with Gasteiger partial charge in [-0.05, 0) is 19.3 Å². The molecule has 3 heteroatoms. The van der Waals surface area contributed by atoms with Gasteiger partial charge in [0.05, 0.1) is 19.0 Å². The number of allylic oxidation sites excluding steroid dienone is 2. The Morgan fingerprint density at radius 1 is 1.53 bits per heavy atom. The molecular weight excluding hydrogens is 188 g/mol. The molecule has 80 valence electrons. The molecule has 0 radical (unpaired) electrons. The highest BCUT2D eigenvalue weighted by atomic mass is 16.5. The lowest BCUT2D eigenvalue weighted by Crippen LogP contribution is -2.55. The molecule has 3 aliphatic rings. The molecule has 0 saturated carbocycles. The van der Waals surface area contributed by atoms with Crippen LogP contribution in [0.2, 0.25) is 0 Å². The zero-order valence-corrected chi connectivity index (χ0v) is 9.21. The minimum absolute atomic E-state index is 0.0543. The van der Waals surface area contributed by atoms with Gasteiger partial charge in [-0.15, -0.1) is 0 Å². The van der Waals surface area contributed by atoms with Gasteiger partial charge in [-0.25, -0.2) is 0 Å². The first-order valence-corrected chi connectivity index (χ1v) is 5.54. The summed E-state index contributed by atoms with van der Waals surface area (Å²) in [7, 11) is 0. The average Bonchev–Trinajstić information content (AvgIpc) is 2.13. The van der Waals surface area contributed by atoms with E-state index in [2.05, 4.69) is 24.4 Å². The molecule has 0 aromatic heterocycles. The topological polar surface area (TPSA) is 33.6 Å². The maximum absolute atomic E-state index is 5.34. The van der Waals surface area contributed by atoms with Gasteiger partial charge in [0.25, 0.3) is 0 Å². The molecule has 2 heterocycles. The lowest BCUT2D eigenvalue weighted by molar-refractivity contribution is -0.0332. The molecule has 3 nitrogen and oxygen atoms in total. The number of rotatable bonds is 0. The van der Waals surface area contributed by atoms with Gasteiger partial charge in [0.2, 0.25) is 0 Å². The second-order valence-corrected chi connectivity index (χ2v) is 4.76. The Kier molecular flexibility index (Phi) is 1.80. The van der Waals surface area contributed by atoms with E-state index in [1.54, 1.807) is 0 Å². The Morgan fingerprint density at radius 2 is 2.33 bits per heavy atom. The number of aliphatic imine (C=N–C) groups is 1. The van der Waals surface area contributed by atoms with Crippen molar-refractivity contribution >= 4 is 5.84 Å². The lowest BCUT2D eigenvalue weighted by atomic mass is 9.80. The second kappa shape index (κ2) is 2.95. The quantitative estimate of drug-likeness (QED) is 0.650. The van der Waals surface area contributed by atoms with E-state index in [1.165, 1.54) is 11.3 Å². The Morgan fingerprint density at radius 3 is 3.00 bits per heavy atom. The first-order chi connectivity index (χ1) is 7.20. The van der Waals surface area contributed by atoms with Crippen LogP contribution in [0.25, 0.3) is 0 Å². The molecule has 1 fully saturated rings. The summed E-state index contributed by atoms with van der Waals surface area (Å²) in [5.74, 6) is 1.64. The van der Waals surface area contributed by atoms with E-state index in [9.17, 15) is 0 Å². The smallest absolute Gasteiger partial charge is 0.136 e. The van der Waals surface area contributed by atoms with Crippen LogP contribution >= 0.6 is 0 Å². The molecule has 0 aromatic carbocycles. The van der Waals surface area contributed by atoms with Crippen molar-refractivity contribution in [3.8, 4) is 0 Å². The molecule has 1 N–H and O–H groups in total. The Balaban J connectivity index is 2.05. The SMILES string of the molecule is CC1=NC2(COC2)C2=CCC(C)C=C2N1. The maximum atomic E-state index is 5.34. The van der Waals surface area contributed by atoms with E-state index in [0.29, 0.717) is 5.92 Å². The van der Waals surface area contributed by atoms with Crippen molar-refractivity contribution in [1.29, 1.82) is 0 Å². The van der Waals surface area contributed by atoms with Crippen molar-refractivity contribution in [2.24, 2.45) is 10.9 Å². The summed E-state index contributed by atoms with van der Waals surface area (Å²) in [4.78, 5) is 4.70. The fourth-order valence-electron chi connectivity index (χ4n) is 2.53. The average molecular weight is 204 g/mol. The van der Waals surface area contributed by atoms with Crippen LogP contribution < -0.4 is 5.32 Å². The van der Waals surface area contributed by atoms with Crippen LogP contribution in [0.15, 0.2) is 28.4 Å². The first-order valence-electron chi connectivity index (χ1n) is 5.54. The summed E-state index contributed by atoms with van der Waals surface area (Å²) in [6, 6.07) is 0. The highest BCUT2D eigenvalue weighted by molar-refractivity contribution is 5.85. The zero-order chi connectivity index (χ0) is 10.5. The van der Waals surface area contributed by atoms with Gasteiger partial charge in [-0.3, -0.25) is 4.99 Å². The minimum Gasteiger partial charge on any atom is -0.375 e. The van der Waals surface area contributed by atoms with Gasteiger partial charge >= 0.3 is 0 Å². The summed E-state index contributed by atoms with van der Waals surface area (Å²) in [6.45, 7) is 5.75. The molecule has 3 rings (SSSR count). The molecule has 1 atom stereocenters. The van der Waals surface area contributed by atoms with E-state index < -0.39 is 0 Å². The van der Waals surface area contributed by atoms with Crippen molar-refractivity contribution in [2.45, 2.75) is 25.8 Å². The third-order valence-corrected chi connectivity index (χ3v) is 3.32. The molecule has 1 saturated heterocycles. The normalized spacial score (nSPS) is 31.9. The molecule has 0 aromatic rings. The largest absolute Gasteiger partial charge is 0.375 e. The van der Waals surface area contributed by atoms with Crippen LogP contribution in [0.4, 0.5) is 0 Å². The van der Waals surface area contributed by atoms with Crippen molar-refractivity contribution < 1.29 is 4.74 Å². The van der Waals surface area contributed by atoms with Gasteiger partial charge in [-0.1, -0.05) is 19.1 Å². The molecule has 15 heavy (non-hydrogen) atoms. The number of hydrogen-bond donors (Lipinski definition) is 1. The van der Waals surface area contributed by atoms with E-state index in [4.69, 9.17) is 9.73 Å². The molecule has 1 unspecified atom stereocenters. The molecule has 0 bridgehead atoms. The third-order valence-electron chi connectivity index (χ3n) is 3.32. The summed E-state index contributed by atoms with van der Waals surface area (Å²) in [5, 5.41) is 3.36. The summed E-state index contributed by atoms with van der Waals surface area (Å²) in [6.07, 6.45) is 5.76. The van der Waals surface area contributed by atoms with Gasteiger partial charge in [0.1, 0.15) is 5.54 Å². The Labute approximate surface area is 89.9 Å². The van der Waals surface area contributed by atoms with Crippen LogP contribution in [-0.2, 0) is 4.74 Å². The number of amidine groups is 1.